The number of aliphatic carboxylic acids is 1. The van der Waals surface area contributed by atoms with E-state index in [4.69, 9.17) is 9.84 Å². The molecule has 0 bridgehead atoms. The number of ether oxygens (including phenoxy) is 1. The summed E-state index contributed by atoms with van der Waals surface area (Å²) in [6, 6.07) is 0. The first-order valence-electron chi connectivity index (χ1n) is 4.74. The van der Waals surface area contributed by atoms with Crippen molar-refractivity contribution in [3.05, 3.63) is 0 Å². The van der Waals surface area contributed by atoms with Crippen LogP contribution in [-0.4, -0.2) is 29.8 Å². The number of carboxylic acid groups (broad SMARTS) is 1. The van der Waals surface area contributed by atoms with Crippen molar-refractivity contribution in [1.82, 2.24) is 5.32 Å². The van der Waals surface area contributed by atoms with Crippen LogP contribution < -0.4 is 5.32 Å². The molecule has 0 heterocycles. The molecule has 0 atom stereocenters. The Morgan fingerprint density at radius 2 is 2.14 bits per heavy atom. The number of rotatable bonds is 5. The first kappa shape index (κ1) is 11.0. The normalized spacial score (nSPS) is 25.2. The molecule has 1 aliphatic rings. The zero-order valence-electron chi connectivity index (χ0n) is 8.16. The summed E-state index contributed by atoms with van der Waals surface area (Å²) < 4.78 is 5.24. The number of amides is 1. The molecular weight excluding hydrogens is 186 g/mol. The minimum absolute atomic E-state index is 0.00624. The lowest BCUT2D eigenvalue weighted by atomic mass is 9.82. The molecule has 0 aromatic carbocycles. The van der Waals surface area contributed by atoms with Crippen LogP contribution in [0, 0.1) is 5.92 Å². The maximum Gasteiger partial charge on any atom is 0.306 e. The number of carboxylic acids is 1. The Balaban J connectivity index is 2.01. The number of hydrogen-bond acceptors (Lipinski definition) is 3. The predicted molar refractivity (Wildman–Crippen MR) is 48.5 cm³/mol. The molecule has 5 nitrogen and oxygen atoms in total. The monoisotopic (exact) mass is 201 g/mol. The second kappa shape index (κ2) is 4.95. The van der Waals surface area contributed by atoms with Gasteiger partial charge in [0.05, 0.1) is 12.0 Å². The van der Waals surface area contributed by atoms with Crippen molar-refractivity contribution < 1.29 is 19.4 Å². The summed E-state index contributed by atoms with van der Waals surface area (Å²) in [4.78, 5) is 21.2. The summed E-state index contributed by atoms with van der Waals surface area (Å²) in [5.41, 5.74) is 0. The summed E-state index contributed by atoms with van der Waals surface area (Å²) >= 11 is 0. The van der Waals surface area contributed by atoms with Crippen molar-refractivity contribution in [2.75, 3.05) is 6.73 Å². The van der Waals surface area contributed by atoms with Crippen LogP contribution >= 0.6 is 0 Å². The Labute approximate surface area is 82.4 Å². The first-order valence-corrected chi connectivity index (χ1v) is 4.74. The molecule has 14 heavy (non-hydrogen) atoms. The first-order chi connectivity index (χ1) is 6.63. The van der Waals surface area contributed by atoms with E-state index in [1.54, 1.807) is 6.92 Å². The van der Waals surface area contributed by atoms with Gasteiger partial charge in [0.25, 0.3) is 0 Å². The topological polar surface area (TPSA) is 75.6 Å². The van der Waals surface area contributed by atoms with Gasteiger partial charge in [-0.3, -0.25) is 9.59 Å². The van der Waals surface area contributed by atoms with Crippen LogP contribution in [0.2, 0.25) is 0 Å². The lowest BCUT2D eigenvalue weighted by Gasteiger charge is -2.31. The largest absolute Gasteiger partial charge is 0.481 e. The van der Waals surface area contributed by atoms with Crippen molar-refractivity contribution in [2.45, 2.75) is 32.3 Å². The summed E-state index contributed by atoms with van der Waals surface area (Å²) in [6.45, 7) is 1.95. The minimum atomic E-state index is -0.762. The van der Waals surface area contributed by atoms with E-state index in [0.29, 0.717) is 19.3 Å². The Bertz CT molecular complexity index is 223. The van der Waals surface area contributed by atoms with Gasteiger partial charge in [0.2, 0.25) is 5.91 Å². The molecule has 0 radical (unpaired) electrons. The third kappa shape index (κ3) is 2.99. The third-order valence-electron chi connectivity index (χ3n) is 2.35. The molecule has 0 aromatic heterocycles. The number of carbonyl (C=O) groups is 2. The van der Waals surface area contributed by atoms with Crippen LogP contribution in [0.5, 0.6) is 0 Å². The number of nitrogens with one attached hydrogen (secondary N) is 1. The molecule has 0 saturated heterocycles. The molecule has 0 aliphatic heterocycles. The third-order valence-corrected chi connectivity index (χ3v) is 2.35. The molecule has 1 saturated carbocycles. The molecular formula is C9H15NO4. The average molecular weight is 201 g/mol. The zero-order chi connectivity index (χ0) is 10.6. The van der Waals surface area contributed by atoms with Gasteiger partial charge in [0.1, 0.15) is 6.73 Å². The fourth-order valence-corrected chi connectivity index (χ4v) is 1.27. The van der Waals surface area contributed by atoms with Crippen LogP contribution in [-0.2, 0) is 14.3 Å². The number of hydrogen-bond donors (Lipinski definition) is 2. The van der Waals surface area contributed by atoms with Crippen LogP contribution in [0.25, 0.3) is 0 Å². The second-order valence-corrected chi connectivity index (χ2v) is 3.39. The van der Waals surface area contributed by atoms with Gasteiger partial charge >= 0.3 is 5.97 Å². The molecule has 2 N–H and O–H groups in total. The molecule has 1 aliphatic carbocycles. The van der Waals surface area contributed by atoms with Gasteiger partial charge in [-0.25, -0.2) is 0 Å². The average Bonchev–Trinajstić information content (AvgIpc) is 2.07. The zero-order valence-corrected chi connectivity index (χ0v) is 8.16. The van der Waals surface area contributed by atoms with Gasteiger partial charge in [0, 0.05) is 6.42 Å². The van der Waals surface area contributed by atoms with Gasteiger partial charge in [-0.1, -0.05) is 6.92 Å². The van der Waals surface area contributed by atoms with Gasteiger partial charge in [0.15, 0.2) is 0 Å². The van der Waals surface area contributed by atoms with Crippen molar-refractivity contribution in [3.8, 4) is 0 Å². The second-order valence-electron chi connectivity index (χ2n) is 3.39. The van der Waals surface area contributed by atoms with E-state index in [0.717, 1.165) is 0 Å². The standard InChI is InChI=1S/C9H15NO4/c1-2-8(11)10-5-14-7-3-6(4-7)9(12)13/h6-7H,2-5H2,1H3,(H,10,11)(H,12,13)/t6-,7+. The highest BCUT2D eigenvalue weighted by atomic mass is 16.5. The van der Waals surface area contributed by atoms with Crippen molar-refractivity contribution in [1.29, 1.82) is 0 Å². The van der Waals surface area contributed by atoms with Crippen LogP contribution in [0.3, 0.4) is 0 Å². The summed E-state index contributed by atoms with van der Waals surface area (Å²) in [5, 5.41) is 11.1. The predicted octanol–water partition coefficient (Wildman–Crippen LogP) is 0.350. The quantitative estimate of drug-likeness (QED) is 0.629. The summed E-state index contributed by atoms with van der Waals surface area (Å²) in [7, 11) is 0. The molecule has 5 heteroatoms. The van der Waals surface area contributed by atoms with Crippen molar-refractivity contribution in [2.24, 2.45) is 5.92 Å². The Hall–Kier alpha value is -1.10. The minimum Gasteiger partial charge on any atom is -0.481 e. The fraction of sp³-hybridized carbons (Fsp3) is 0.778. The maximum absolute atomic E-state index is 10.8. The van der Waals surface area contributed by atoms with E-state index in [1.807, 2.05) is 0 Å². The van der Waals surface area contributed by atoms with E-state index >= 15 is 0 Å². The molecule has 0 unspecified atom stereocenters. The van der Waals surface area contributed by atoms with Crippen molar-refractivity contribution in [3.63, 3.8) is 0 Å². The molecule has 80 valence electrons. The van der Waals surface area contributed by atoms with E-state index in [1.165, 1.54) is 0 Å². The Morgan fingerprint density at radius 3 is 2.64 bits per heavy atom. The van der Waals surface area contributed by atoms with E-state index < -0.39 is 5.97 Å². The van der Waals surface area contributed by atoms with Gasteiger partial charge in [-0.05, 0) is 12.8 Å². The van der Waals surface area contributed by atoms with Crippen LogP contribution in [0.1, 0.15) is 26.2 Å². The molecule has 1 fully saturated rings. The molecule has 0 aromatic rings. The highest BCUT2D eigenvalue weighted by Gasteiger charge is 2.34. The van der Waals surface area contributed by atoms with E-state index in [2.05, 4.69) is 5.32 Å². The molecule has 1 rings (SSSR count). The maximum atomic E-state index is 10.8. The molecule has 1 amide bonds. The Kier molecular flexibility index (Phi) is 3.88. The lowest BCUT2D eigenvalue weighted by Crippen LogP contribution is -2.39. The fourth-order valence-electron chi connectivity index (χ4n) is 1.27. The van der Waals surface area contributed by atoms with E-state index in [-0.39, 0.29) is 24.7 Å². The SMILES string of the molecule is CCC(=O)NCO[C@H]1C[C@@H](C(=O)O)C1. The highest BCUT2D eigenvalue weighted by molar-refractivity contribution is 5.75. The van der Waals surface area contributed by atoms with Gasteiger partial charge < -0.3 is 15.2 Å². The summed E-state index contributed by atoms with van der Waals surface area (Å²) in [6.07, 6.45) is 1.54. The van der Waals surface area contributed by atoms with E-state index in [9.17, 15) is 9.59 Å². The number of carbonyl (C=O) groups excluding carboxylic acids is 1. The van der Waals surface area contributed by atoms with Gasteiger partial charge in [-0.2, -0.15) is 0 Å². The Morgan fingerprint density at radius 1 is 1.50 bits per heavy atom. The van der Waals surface area contributed by atoms with Crippen LogP contribution in [0.15, 0.2) is 0 Å². The molecule has 0 spiro atoms. The smallest absolute Gasteiger partial charge is 0.306 e. The van der Waals surface area contributed by atoms with Crippen molar-refractivity contribution >= 4 is 11.9 Å². The summed E-state index contributed by atoms with van der Waals surface area (Å²) in [5.74, 6) is -1.08. The van der Waals surface area contributed by atoms with Crippen LogP contribution in [0.4, 0.5) is 0 Å². The van der Waals surface area contributed by atoms with Gasteiger partial charge in [-0.15, -0.1) is 0 Å². The lowest BCUT2D eigenvalue weighted by molar-refractivity contribution is -0.152. The highest BCUT2D eigenvalue weighted by Crippen LogP contribution is 2.29.